The van der Waals surface area contributed by atoms with E-state index in [1.54, 1.807) is 0 Å². The maximum Gasteiger partial charge on any atom is 0.303 e. The first-order valence-electron chi connectivity index (χ1n) is 13.4. The Bertz CT molecular complexity index is 1300. The van der Waals surface area contributed by atoms with Crippen molar-refractivity contribution in [2.45, 2.75) is 77.9 Å². The summed E-state index contributed by atoms with van der Waals surface area (Å²) < 4.78 is 1.99. The number of carboxylic acid groups (broad SMARTS) is 1. The van der Waals surface area contributed by atoms with Gasteiger partial charge in [-0.25, -0.2) is 14.6 Å². The number of aromatic nitrogens is 4. The van der Waals surface area contributed by atoms with Crippen molar-refractivity contribution in [1.82, 2.24) is 24.6 Å². The first-order chi connectivity index (χ1) is 17.7. The number of carbonyl (C=O) groups is 1. The Balaban J connectivity index is 0.00000336. The van der Waals surface area contributed by atoms with E-state index in [2.05, 4.69) is 36.6 Å². The third kappa shape index (κ3) is 5.50. The molecule has 2 aromatic heterocycles. The fourth-order valence-electron chi connectivity index (χ4n) is 6.43. The van der Waals surface area contributed by atoms with Gasteiger partial charge in [-0.15, -0.1) is 0 Å². The van der Waals surface area contributed by atoms with Crippen molar-refractivity contribution in [1.29, 1.82) is 0 Å². The highest BCUT2D eigenvalue weighted by atomic mass is 35.5. The third-order valence-electron chi connectivity index (χ3n) is 8.33. The SMILES string of the molecule is Cc1cc(Cl)ccc1C(C)n1nc(C)c2ncc(N3CCC(N4CCCC4CCC(=O)O)C(C)C3)nc21.F. The zero-order chi connectivity index (χ0) is 26.3. The van der Waals surface area contributed by atoms with Gasteiger partial charge in [0, 0.05) is 36.6 Å². The van der Waals surface area contributed by atoms with E-state index in [1.807, 2.05) is 29.9 Å². The molecule has 2 aliphatic heterocycles. The number of piperidine rings is 1. The number of fused-ring (bicyclic) bond motifs is 1. The summed E-state index contributed by atoms with van der Waals surface area (Å²) in [5, 5.41) is 14.7. The first kappa shape index (κ1) is 28.2. The average Bonchev–Trinajstić information content (AvgIpc) is 3.46. The highest BCUT2D eigenvalue weighted by Crippen LogP contribution is 2.33. The van der Waals surface area contributed by atoms with E-state index in [4.69, 9.17) is 31.8 Å². The number of nitrogens with zero attached hydrogens (tertiary/aromatic N) is 6. The summed E-state index contributed by atoms with van der Waals surface area (Å²) in [4.78, 5) is 25.9. The Hall–Kier alpha value is -2.78. The maximum absolute atomic E-state index is 11.1. The minimum absolute atomic E-state index is 0. The van der Waals surface area contributed by atoms with Crippen molar-refractivity contribution >= 4 is 34.6 Å². The molecule has 2 saturated heterocycles. The Labute approximate surface area is 228 Å². The zero-order valence-electron chi connectivity index (χ0n) is 22.6. The lowest BCUT2D eigenvalue weighted by molar-refractivity contribution is -0.137. The molecule has 0 aliphatic carbocycles. The van der Waals surface area contributed by atoms with E-state index in [0.29, 0.717) is 18.0 Å². The normalized spacial score (nSPS) is 23.0. The quantitative estimate of drug-likeness (QED) is 0.426. The number of halogens is 2. The molecule has 5 rings (SSSR count). The molecule has 4 heterocycles. The van der Waals surface area contributed by atoms with Crippen LogP contribution >= 0.6 is 11.6 Å². The summed E-state index contributed by atoms with van der Waals surface area (Å²) in [6, 6.07) is 6.85. The minimum atomic E-state index is -0.696. The monoisotopic (exact) mass is 544 g/mol. The highest BCUT2D eigenvalue weighted by Gasteiger charge is 2.37. The van der Waals surface area contributed by atoms with Gasteiger partial charge < -0.3 is 10.0 Å². The number of carboxylic acids is 1. The predicted molar refractivity (Wildman–Crippen MR) is 149 cm³/mol. The number of aliphatic carboxylic acids is 1. The summed E-state index contributed by atoms with van der Waals surface area (Å²) in [5.74, 6) is 0.653. The van der Waals surface area contributed by atoms with Crippen molar-refractivity contribution in [2.75, 3.05) is 24.5 Å². The molecule has 10 heteroatoms. The van der Waals surface area contributed by atoms with Crippen LogP contribution in [0.2, 0.25) is 5.02 Å². The fraction of sp³-hybridized carbons (Fsp3) is 0.571. The lowest BCUT2D eigenvalue weighted by atomic mass is 9.91. The molecule has 3 aromatic rings. The molecule has 1 N–H and O–H groups in total. The summed E-state index contributed by atoms with van der Waals surface area (Å²) in [5.41, 5.74) is 4.81. The maximum atomic E-state index is 11.1. The first-order valence-corrected chi connectivity index (χ1v) is 13.8. The minimum Gasteiger partial charge on any atom is -0.481 e. The summed E-state index contributed by atoms with van der Waals surface area (Å²) in [7, 11) is 0. The van der Waals surface area contributed by atoms with E-state index in [9.17, 15) is 4.79 Å². The second-order valence-corrected chi connectivity index (χ2v) is 11.3. The molecular formula is C28H38ClFN6O2. The van der Waals surface area contributed by atoms with Crippen LogP contribution in [0.1, 0.15) is 68.8 Å². The van der Waals surface area contributed by atoms with Gasteiger partial charge in [-0.3, -0.25) is 14.4 Å². The van der Waals surface area contributed by atoms with Crippen LogP contribution in [0.15, 0.2) is 24.4 Å². The second-order valence-electron chi connectivity index (χ2n) is 10.9. The van der Waals surface area contributed by atoms with Crippen LogP contribution in [0.3, 0.4) is 0 Å². The smallest absolute Gasteiger partial charge is 0.303 e. The van der Waals surface area contributed by atoms with E-state index >= 15 is 0 Å². The van der Waals surface area contributed by atoms with E-state index in [-0.39, 0.29) is 17.2 Å². The van der Waals surface area contributed by atoms with Gasteiger partial charge in [0.1, 0.15) is 11.3 Å². The third-order valence-corrected chi connectivity index (χ3v) is 8.57. The van der Waals surface area contributed by atoms with Crippen LogP contribution in [0, 0.1) is 19.8 Å². The summed E-state index contributed by atoms with van der Waals surface area (Å²) in [6.45, 7) is 11.4. The molecule has 38 heavy (non-hydrogen) atoms. The number of hydrogen-bond donors (Lipinski definition) is 1. The Morgan fingerprint density at radius 2 is 2.03 bits per heavy atom. The Kier molecular flexibility index (Phi) is 8.57. The molecular weight excluding hydrogens is 507 g/mol. The van der Waals surface area contributed by atoms with Gasteiger partial charge >= 0.3 is 5.97 Å². The number of rotatable bonds is 7. The van der Waals surface area contributed by atoms with Gasteiger partial charge in [0.15, 0.2) is 5.65 Å². The van der Waals surface area contributed by atoms with Crippen molar-refractivity contribution in [3.63, 3.8) is 0 Å². The lowest BCUT2D eigenvalue weighted by Gasteiger charge is -2.43. The molecule has 0 radical (unpaired) electrons. The van der Waals surface area contributed by atoms with Gasteiger partial charge in [-0.05, 0) is 82.2 Å². The highest BCUT2D eigenvalue weighted by molar-refractivity contribution is 6.30. The van der Waals surface area contributed by atoms with Crippen LogP contribution in [0.4, 0.5) is 10.5 Å². The zero-order valence-corrected chi connectivity index (χ0v) is 23.4. The van der Waals surface area contributed by atoms with Crippen LogP contribution in [-0.4, -0.2) is 67.4 Å². The van der Waals surface area contributed by atoms with Crippen LogP contribution in [0.25, 0.3) is 11.2 Å². The van der Waals surface area contributed by atoms with Gasteiger partial charge in [-0.2, -0.15) is 5.10 Å². The molecule has 0 bridgehead atoms. The topological polar surface area (TPSA) is 87.4 Å². The summed E-state index contributed by atoms with van der Waals surface area (Å²) >= 11 is 6.20. The van der Waals surface area contributed by atoms with Crippen LogP contribution in [0.5, 0.6) is 0 Å². The summed E-state index contributed by atoms with van der Waals surface area (Å²) in [6.07, 6.45) is 6.20. The van der Waals surface area contributed by atoms with Crippen molar-refractivity contribution in [3.8, 4) is 0 Å². The second kappa shape index (κ2) is 11.5. The number of hydrogen-bond acceptors (Lipinski definition) is 6. The van der Waals surface area contributed by atoms with Gasteiger partial charge in [-0.1, -0.05) is 24.6 Å². The fourth-order valence-corrected chi connectivity index (χ4v) is 6.66. The molecule has 0 amide bonds. The van der Waals surface area contributed by atoms with E-state index < -0.39 is 5.97 Å². The van der Waals surface area contributed by atoms with Crippen LogP contribution in [-0.2, 0) is 4.79 Å². The molecule has 0 spiro atoms. The van der Waals surface area contributed by atoms with Crippen molar-refractivity contribution < 1.29 is 14.6 Å². The molecule has 8 nitrogen and oxygen atoms in total. The molecule has 2 fully saturated rings. The van der Waals surface area contributed by atoms with Gasteiger partial charge in [0.05, 0.1) is 17.9 Å². The van der Waals surface area contributed by atoms with E-state index in [1.165, 1.54) is 5.56 Å². The molecule has 206 valence electrons. The van der Waals surface area contributed by atoms with Crippen molar-refractivity contribution in [2.24, 2.45) is 5.92 Å². The molecule has 1 aromatic carbocycles. The number of anilines is 1. The van der Waals surface area contributed by atoms with Crippen molar-refractivity contribution in [3.05, 3.63) is 46.2 Å². The Morgan fingerprint density at radius 1 is 1.24 bits per heavy atom. The standard InChI is InChI=1S/C28H37ClN6O2.FH/c1-17-14-21(29)7-9-23(17)20(4)35-28-27(19(3)32-35)30-15-25(31-28)33-13-11-24(18(2)16-33)34-12-5-6-22(34)8-10-26(36)37;/h7,9,14-15,18,20,22,24H,5-6,8,10-13,16H2,1-4H3,(H,36,37);1H. The lowest BCUT2D eigenvalue weighted by Crippen LogP contribution is -2.52. The van der Waals surface area contributed by atoms with Crippen LogP contribution < -0.4 is 4.90 Å². The Morgan fingerprint density at radius 3 is 2.74 bits per heavy atom. The molecule has 4 unspecified atom stereocenters. The van der Waals surface area contributed by atoms with Gasteiger partial charge in [0.2, 0.25) is 0 Å². The predicted octanol–water partition coefficient (Wildman–Crippen LogP) is 5.40. The van der Waals surface area contributed by atoms with E-state index in [0.717, 1.165) is 78.6 Å². The molecule has 0 saturated carbocycles. The molecule has 4 atom stereocenters. The number of benzene rings is 1. The number of likely N-dealkylation sites (tertiary alicyclic amines) is 1. The largest absolute Gasteiger partial charge is 0.481 e. The van der Waals surface area contributed by atoms with Gasteiger partial charge in [0.25, 0.3) is 0 Å². The number of aryl methyl sites for hydroxylation is 2. The molecule has 2 aliphatic rings. The average molecular weight is 545 g/mol.